The number of hydrogen-bond acceptors (Lipinski definition) is 4. The van der Waals surface area contributed by atoms with Gasteiger partial charge in [0.05, 0.1) is 6.61 Å². The molecule has 98 valence electrons. The van der Waals surface area contributed by atoms with E-state index < -0.39 is 0 Å². The molecule has 0 saturated heterocycles. The number of ether oxygens (including phenoxy) is 1. The molecule has 0 bridgehead atoms. The number of aromatic nitrogens is 2. The van der Waals surface area contributed by atoms with Crippen molar-refractivity contribution in [1.29, 1.82) is 0 Å². The van der Waals surface area contributed by atoms with Crippen molar-refractivity contribution in [2.75, 3.05) is 11.9 Å². The molecule has 0 radical (unpaired) electrons. The van der Waals surface area contributed by atoms with Crippen LogP contribution in [0, 0.1) is 0 Å². The highest BCUT2D eigenvalue weighted by molar-refractivity contribution is 9.10. The molecular weight excluding hydrogens is 330 g/mol. The Morgan fingerprint density at radius 2 is 2.21 bits per heavy atom. The Balaban J connectivity index is 1.78. The van der Waals surface area contributed by atoms with E-state index in [2.05, 4.69) is 43.6 Å². The topological polar surface area (TPSA) is 47.0 Å². The van der Waals surface area contributed by atoms with Crippen molar-refractivity contribution in [3.05, 3.63) is 45.0 Å². The second-order valence-corrected chi connectivity index (χ2v) is 5.55. The lowest BCUT2D eigenvalue weighted by Gasteiger charge is -2.10. The zero-order valence-corrected chi connectivity index (χ0v) is 12.3. The van der Waals surface area contributed by atoms with Gasteiger partial charge in [0.15, 0.2) is 5.15 Å². The van der Waals surface area contributed by atoms with Crippen LogP contribution in [0.25, 0.3) is 0 Å². The summed E-state index contributed by atoms with van der Waals surface area (Å²) >= 11 is 9.22. The van der Waals surface area contributed by atoms with Gasteiger partial charge in [-0.05, 0) is 29.8 Å². The third kappa shape index (κ3) is 2.82. The zero-order valence-electron chi connectivity index (χ0n) is 9.99. The van der Waals surface area contributed by atoms with Crippen molar-refractivity contribution < 1.29 is 4.74 Å². The van der Waals surface area contributed by atoms with E-state index in [-0.39, 0.29) is 0 Å². The Hall–Kier alpha value is -1.33. The number of rotatable bonds is 3. The minimum atomic E-state index is 0.386. The van der Waals surface area contributed by atoms with Crippen LogP contribution in [0.3, 0.4) is 0 Å². The van der Waals surface area contributed by atoms with Crippen molar-refractivity contribution in [3.8, 4) is 5.75 Å². The molecule has 0 fully saturated rings. The fourth-order valence-corrected chi connectivity index (χ4v) is 2.73. The van der Waals surface area contributed by atoms with Gasteiger partial charge >= 0.3 is 0 Å². The maximum Gasteiger partial charge on any atom is 0.151 e. The molecule has 0 amide bonds. The van der Waals surface area contributed by atoms with E-state index in [0.29, 0.717) is 17.5 Å². The van der Waals surface area contributed by atoms with Crippen LogP contribution in [0.4, 0.5) is 5.82 Å². The molecule has 2 aromatic rings. The van der Waals surface area contributed by atoms with Gasteiger partial charge in [0.2, 0.25) is 0 Å². The number of hydrogen-bond donors (Lipinski definition) is 1. The van der Waals surface area contributed by atoms with E-state index in [9.17, 15) is 0 Å². The minimum Gasteiger partial charge on any atom is -0.493 e. The first-order valence-corrected chi connectivity index (χ1v) is 7.06. The normalized spacial score (nSPS) is 12.9. The van der Waals surface area contributed by atoms with E-state index in [1.165, 1.54) is 5.56 Å². The predicted molar refractivity (Wildman–Crippen MR) is 77.7 cm³/mol. The Morgan fingerprint density at radius 1 is 1.32 bits per heavy atom. The molecule has 19 heavy (non-hydrogen) atoms. The summed E-state index contributed by atoms with van der Waals surface area (Å²) in [4.78, 5) is 0. The fourth-order valence-electron chi connectivity index (χ4n) is 2.07. The molecule has 1 aliphatic rings. The Labute approximate surface area is 124 Å². The van der Waals surface area contributed by atoms with E-state index in [1.54, 1.807) is 12.1 Å². The van der Waals surface area contributed by atoms with Crippen LogP contribution in [0.5, 0.6) is 5.75 Å². The van der Waals surface area contributed by atoms with Crippen LogP contribution in [0.1, 0.15) is 11.1 Å². The quantitative estimate of drug-likeness (QED) is 0.930. The SMILES string of the molecule is Clc1ccc(NCc2cc(Br)cc3c2OCC3)nn1. The number of fused-ring (bicyclic) bond motifs is 1. The first kappa shape index (κ1) is 12.7. The number of nitrogens with one attached hydrogen (secondary N) is 1. The van der Waals surface area contributed by atoms with E-state index in [1.807, 2.05) is 0 Å². The lowest BCUT2D eigenvalue weighted by atomic mass is 10.1. The monoisotopic (exact) mass is 339 g/mol. The first-order valence-electron chi connectivity index (χ1n) is 5.89. The molecule has 0 unspecified atom stereocenters. The smallest absolute Gasteiger partial charge is 0.151 e. The van der Waals surface area contributed by atoms with Crippen LogP contribution >= 0.6 is 27.5 Å². The van der Waals surface area contributed by atoms with Gasteiger partial charge in [-0.15, -0.1) is 10.2 Å². The van der Waals surface area contributed by atoms with Gasteiger partial charge in [-0.25, -0.2) is 0 Å². The standard InChI is InChI=1S/C13H11BrClN3O/c14-10-5-8-3-4-19-13(8)9(6-10)7-16-12-2-1-11(15)17-18-12/h1-2,5-6H,3-4,7H2,(H,16,18). The van der Waals surface area contributed by atoms with E-state index in [0.717, 1.165) is 28.8 Å². The van der Waals surface area contributed by atoms with Crippen molar-refractivity contribution >= 4 is 33.3 Å². The molecule has 3 rings (SSSR count). The molecular formula is C13H11BrClN3O. The average molecular weight is 341 g/mol. The summed E-state index contributed by atoms with van der Waals surface area (Å²) in [5.74, 6) is 1.67. The summed E-state index contributed by atoms with van der Waals surface area (Å²) in [7, 11) is 0. The van der Waals surface area contributed by atoms with Crippen LogP contribution in [-0.2, 0) is 13.0 Å². The van der Waals surface area contributed by atoms with Crippen molar-refractivity contribution in [2.24, 2.45) is 0 Å². The van der Waals surface area contributed by atoms with Crippen LogP contribution < -0.4 is 10.1 Å². The van der Waals surface area contributed by atoms with Crippen molar-refractivity contribution in [2.45, 2.75) is 13.0 Å². The molecule has 0 aliphatic carbocycles. The van der Waals surface area contributed by atoms with Crippen LogP contribution in [0.15, 0.2) is 28.7 Å². The van der Waals surface area contributed by atoms with Crippen molar-refractivity contribution in [1.82, 2.24) is 10.2 Å². The summed E-state index contributed by atoms with van der Waals surface area (Å²) in [6.45, 7) is 1.39. The third-order valence-electron chi connectivity index (χ3n) is 2.92. The Kier molecular flexibility index (Phi) is 3.57. The maximum atomic E-state index is 5.70. The lowest BCUT2D eigenvalue weighted by molar-refractivity contribution is 0.354. The van der Waals surface area contributed by atoms with Gasteiger partial charge in [-0.3, -0.25) is 0 Å². The molecule has 1 aromatic heterocycles. The predicted octanol–water partition coefficient (Wildman–Crippen LogP) is 3.44. The molecule has 1 aromatic carbocycles. The summed E-state index contributed by atoms with van der Waals surface area (Å²) < 4.78 is 6.74. The minimum absolute atomic E-state index is 0.386. The largest absolute Gasteiger partial charge is 0.493 e. The number of benzene rings is 1. The fraction of sp³-hybridized carbons (Fsp3) is 0.231. The molecule has 0 spiro atoms. The summed E-state index contributed by atoms with van der Waals surface area (Å²) in [6, 6.07) is 7.67. The Bertz CT molecular complexity index is 604. The molecule has 0 atom stereocenters. The van der Waals surface area contributed by atoms with Gasteiger partial charge in [0.1, 0.15) is 11.6 Å². The molecule has 6 heteroatoms. The highest BCUT2D eigenvalue weighted by Gasteiger charge is 2.17. The zero-order chi connectivity index (χ0) is 13.2. The first-order chi connectivity index (χ1) is 9.22. The third-order valence-corrected chi connectivity index (χ3v) is 3.58. The highest BCUT2D eigenvalue weighted by Crippen LogP contribution is 2.33. The average Bonchev–Trinajstić information content (AvgIpc) is 2.85. The molecule has 4 nitrogen and oxygen atoms in total. The van der Waals surface area contributed by atoms with Crippen LogP contribution in [-0.4, -0.2) is 16.8 Å². The van der Waals surface area contributed by atoms with Gasteiger partial charge in [0.25, 0.3) is 0 Å². The van der Waals surface area contributed by atoms with Gasteiger partial charge in [-0.1, -0.05) is 27.5 Å². The second-order valence-electron chi connectivity index (χ2n) is 4.25. The van der Waals surface area contributed by atoms with Crippen molar-refractivity contribution in [3.63, 3.8) is 0 Å². The molecule has 2 heterocycles. The summed E-state index contributed by atoms with van der Waals surface area (Å²) in [5.41, 5.74) is 2.35. The van der Waals surface area contributed by atoms with Gasteiger partial charge in [-0.2, -0.15) is 0 Å². The molecule has 0 saturated carbocycles. The summed E-state index contributed by atoms with van der Waals surface area (Å²) in [6.07, 6.45) is 0.961. The number of anilines is 1. The van der Waals surface area contributed by atoms with E-state index in [4.69, 9.17) is 16.3 Å². The number of halogens is 2. The van der Waals surface area contributed by atoms with Gasteiger partial charge < -0.3 is 10.1 Å². The lowest BCUT2D eigenvalue weighted by Crippen LogP contribution is -2.03. The number of nitrogens with zero attached hydrogens (tertiary/aromatic N) is 2. The maximum absolute atomic E-state index is 5.70. The molecule has 1 N–H and O–H groups in total. The van der Waals surface area contributed by atoms with Gasteiger partial charge in [0, 0.05) is 23.0 Å². The summed E-state index contributed by atoms with van der Waals surface area (Å²) in [5, 5.41) is 11.4. The second kappa shape index (κ2) is 5.35. The Morgan fingerprint density at radius 3 is 3.00 bits per heavy atom. The molecule has 1 aliphatic heterocycles. The van der Waals surface area contributed by atoms with E-state index >= 15 is 0 Å². The highest BCUT2D eigenvalue weighted by atomic mass is 79.9. The van der Waals surface area contributed by atoms with Crippen LogP contribution in [0.2, 0.25) is 5.15 Å².